The molecule has 0 aliphatic heterocycles. The Hall–Kier alpha value is -0.990. The zero-order valence-corrected chi connectivity index (χ0v) is 11.6. The first kappa shape index (κ1) is 14.1. The summed E-state index contributed by atoms with van der Waals surface area (Å²) in [5.74, 6) is 1.85. The summed E-state index contributed by atoms with van der Waals surface area (Å²) in [6.45, 7) is 8.90. The first-order valence-electron chi connectivity index (χ1n) is 6.99. The Bertz CT molecular complexity index is 291. The quantitative estimate of drug-likeness (QED) is 0.660. The van der Waals surface area contributed by atoms with Gasteiger partial charge in [-0.15, -0.1) is 0 Å². The highest BCUT2D eigenvalue weighted by Gasteiger charge is 2.01. The number of nitrogens with zero attached hydrogens (tertiary/aromatic N) is 2. The van der Waals surface area contributed by atoms with Crippen LogP contribution >= 0.6 is 0 Å². The van der Waals surface area contributed by atoms with Gasteiger partial charge in [0.15, 0.2) is 0 Å². The van der Waals surface area contributed by atoms with Gasteiger partial charge in [-0.1, -0.05) is 40.0 Å². The third-order valence-corrected chi connectivity index (χ3v) is 2.96. The molecule has 0 spiro atoms. The lowest BCUT2D eigenvalue weighted by Crippen LogP contribution is -2.09. The van der Waals surface area contributed by atoms with Gasteiger partial charge in [-0.05, 0) is 18.8 Å². The molecule has 17 heavy (non-hydrogen) atoms. The van der Waals surface area contributed by atoms with Gasteiger partial charge in [0.25, 0.3) is 0 Å². The van der Waals surface area contributed by atoms with E-state index in [0.29, 0.717) is 0 Å². The molecule has 0 aliphatic rings. The van der Waals surface area contributed by atoms with Crippen molar-refractivity contribution in [1.82, 2.24) is 9.55 Å². The maximum absolute atomic E-state index is 4.35. The molecule has 0 saturated carbocycles. The van der Waals surface area contributed by atoms with Crippen LogP contribution in [0.5, 0.6) is 0 Å². The van der Waals surface area contributed by atoms with Crippen LogP contribution in [-0.2, 0) is 6.54 Å². The van der Waals surface area contributed by atoms with Crippen molar-refractivity contribution in [2.24, 2.45) is 5.92 Å². The molecule has 1 rings (SSSR count). The van der Waals surface area contributed by atoms with Crippen molar-refractivity contribution in [3.63, 3.8) is 0 Å². The summed E-state index contributed by atoms with van der Waals surface area (Å²) in [5, 5.41) is 3.43. The summed E-state index contributed by atoms with van der Waals surface area (Å²) in [6, 6.07) is 0. The molecule has 0 atom stereocenters. The SMILES string of the molecule is CCCCn1ccnc1NCCCCC(C)C. The lowest BCUT2D eigenvalue weighted by molar-refractivity contribution is 0.543. The lowest BCUT2D eigenvalue weighted by atomic mass is 10.1. The monoisotopic (exact) mass is 237 g/mol. The van der Waals surface area contributed by atoms with E-state index in [1.807, 2.05) is 6.20 Å². The molecule has 3 nitrogen and oxygen atoms in total. The van der Waals surface area contributed by atoms with Gasteiger partial charge in [0, 0.05) is 25.5 Å². The summed E-state index contributed by atoms with van der Waals surface area (Å²) < 4.78 is 2.21. The molecular weight excluding hydrogens is 210 g/mol. The first-order chi connectivity index (χ1) is 8.24. The van der Waals surface area contributed by atoms with Gasteiger partial charge in [-0.3, -0.25) is 0 Å². The van der Waals surface area contributed by atoms with E-state index < -0.39 is 0 Å². The summed E-state index contributed by atoms with van der Waals surface area (Å²) in [6.07, 6.45) is 10.3. The molecule has 0 fully saturated rings. The molecule has 0 aliphatic carbocycles. The number of anilines is 1. The molecule has 0 bridgehead atoms. The van der Waals surface area contributed by atoms with Crippen molar-refractivity contribution in [3.05, 3.63) is 12.4 Å². The molecule has 0 saturated heterocycles. The van der Waals surface area contributed by atoms with E-state index in [2.05, 4.69) is 41.8 Å². The normalized spacial score (nSPS) is 11.1. The third kappa shape index (κ3) is 5.76. The topological polar surface area (TPSA) is 29.9 Å². The summed E-state index contributed by atoms with van der Waals surface area (Å²) in [7, 11) is 0. The molecule has 0 aromatic carbocycles. The number of unbranched alkanes of at least 4 members (excludes halogenated alkanes) is 2. The van der Waals surface area contributed by atoms with E-state index >= 15 is 0 Å². The van der Waals surface area contributed by atoms with Crippen LogP contribution in [-0.4, -0.2) is 16.1 Å². The highest BCUT2D eigenvalue weighted by atomic mass is 15.2. The number of nitrogens with one attached hydrogen (secondary N) is 1. The molecule has 98 valence electrons. The fourth-order valence-electron chi connectivity index (χ4n) is 1.86. The fourth-order valence-corrected chi connectivity index (χ4v) is 1.86. The minimum absolute atomic E-state index is 0.821. The average Bonchev–Trinajstić information content (AvgIpc) is 2.73. The number of imidazole rings is 1. The molecule has 0 radical (unpaired) electrons. The Morgan fingerprint density at radius 2 is 2.12 bits per heavy atom. The van der Waals surface area contributed by atoms with Crippen molar-refractivity contribution in [2.45, 2.75) is 59.4 Å². The zero-order valence-electron chi connectivity index (χ0n) is 11.6. The van der Waals surface area contributed by atoms with Gasteiger partial charge in [-0.2, -0.15) is 0 Å². The van der Waals surface area contributed by atoms with E-state index in [1.165, 1.54) is 32.1 Å². The Morgan fingerprint density at radius 1 is 1.29 bits per heavy atom. The molecule has 1 N–H and O–H groups in total. The Morgan fingerprint density at radius 3 is 2.82 bits per heavy atom. The van der Waals surface area contributed by atoms with Crippen LogP contribution in [0.4, 0.5) is 5.95 Å². The summed E-state index contributed by atoms with van der Waals surface area (Å²) >= 11 is 0. The highest BCUT2D eigenvalue weighted by Crippen LogP contribution is 2.09. The minimum atomic E-state index is 0.821. The Kier molecular flexibility index (Phi) is 6.75. The predicted octanol–water partition coefficient (Wildman–Crippen LogP) is 3.92. The smallest absolute Gasteiger partial charge is 0.202 e. The van der Waals surface area contributed by atoms with Gasteiger partial charge in [-0.25, -0.2) is 4.98 Å². The van der Waals surface area contributed by atoms with Gasteiger partial charge >= 0.3 is 0 Å². The van der Waals surface area contributed by atoms with Gasteiger partial charge < -0.3 is 9.88 Å². The molecule has 3 heteroatoms. The van der Waals surface area contributed by atoms with Crippen LogP contribution in [0.15, 0.2) is 12.4 Å². The number of aromatic nitrogens is 2. The van der Waals surface area contributed by atoms with E-state index in [1.54, 1.807) is 0 Å². The van der Waals surface area contributed by atoms with Crippen LogP contribution in [0.2, 0.25) is 0 Å². The second-order valence-electron chi connectivity index (χ2n) is 5.11. The van der Waals surface area contributed by atoms with Gasteiger partial charge in [0.1, 0.15) is 0 Å². The molecule has 0 unspecified atom stereocenters. The van der Waals surface area contributed by atoms with Crippen LogP contribution < -0.4 is 5.32 Å². The van der Waals surface area contributed by atoms with E-state index in [4.69, 9.17) is 0 Å². The molecular formula is C14H27N3. The standard InChI is InChI=1S/C14H27N3/c1-4-5-11-17-12-10-16-14(17)15-9-7-6-8-13(2)3/h10,12-13H,4-9,11H2,1-3H3,(H,15,16). The lowest BCUT2D eigenvalue weighted by Gasteiger charge is -2.09. The second-order valence-corrected chi connectivity index (χ2v) is 5.11. The van der Waals surface area contributed by atoms with Crippen LogP contribution in [0.25, 0.3) is 0 Å². The van der Waals surface area contributed by atoms with Crippen molar-refractivity contribution in [3.8, 4) is 0 Å². The number of rotatable bonds is 9. The Labute approximate surface area is 106 Å². The van der Waals surface area contributed by atoms with Crippen molar-refractivity contribution >= 4 is 5.95 Å². The fraction of sp³-hybridized carbons (Fsp3) is 0.786. The minimum Gasteiger partial charge on any atom is -0.356 e. The number of hydrogen-bond acceptors (Lipinski definition) is 2. The van der Waals surface area contributed by atoms with Crippen molar-refractivity contribution in [1.29, 1.82) is 0 Å². The van der Waals surface area contributed by atoms with Gasteiger partial charge in [0.2, 0.25) is 5.95 Å². The largest absolute Gasteiger partial charge is 0.356 e. The molecule has 1 aromatic heterocycles. The number of aryl methyl sites for hydroxylation is 1. The average molecular weight is 237 g/mol. The first-order valence-corrected chi connectivity index (χ1v) is 6.99. The predicted molar refractivity (Wildman–Crippen MR) is 74.3 cm³/mol. The third-order valence-electron chi connectivity index (χ3n) is 2.96. The maximum atomic E-state index is 4.35. The van der Waals surface area contributed by atoms with E-state index in [9.17, 15) is 0 Å². The maximum Gasteiger partial charge on any atom is 0.202 e. The van der Waals surface area contributed by atoms with Crippen molar-refractivity contribution in [2.75, 3.05) is 11.9 Å². The van der Waals surface area contributed by atoms with E-state index in [0.717, 1.165) is 25.0 Å². The molecule has 1 aromatic rings. The van der Waals surface area contributed by atoms with Crippen LogP contribution in [0.1, 0.15) is 52.9 Å². The van der Waals surface area contributed by atoms with E-state index in [-0.39, 0.29) is 0 Å². The summed E-state index contributed by atoms with van der Waals surface area (Å²) in [5.41, 5.74) is 0. The molecule has 0 amide bonds. The van der Waals surface area contributed by atoms with Crippen molar-refractivity contribution < 1.29 is 0 Å². The molecule has 1 heterocycles. The summed E-state index contributed by atoms with van der Waals surface area (Å²) in [4.78, 5) is 4.35. The second kappa shape index (κ2) is 8.15. The zero-order chi connectivity index (χ0) is 12.5. The van der Waals surface area contributed by atoms with Gasteiger partial charge in [0.05, 0.1) is 0 Å². The van der Waals surface area contributed by atoms with Crippen LogP contribution in [0.3, 0.4) is 0 Å². The highest BCUT2D eigenvalue weighted by molar-refractivity contribution is 5.25. The number of hydrogen-bond donors (Lipinski definition) is 1. The van der Waals surface area contributed by atoms with Crippen LogP contribution in [0, 0.1) is 5.92 Å². The Balaban J connectivity index is 2.19.